The van der Waals surface area contributed by atoms with Crippen LogP contribution in [0.3, 0.4) is 0 Å². The number of nitrogens with zero attached hydrogens (tertiary/aromatic N) is 2. The molecule has 0 saturated carbocycles. The second kappa shape index (κ2) is 8.74. The van der Waals surface area contributed by atoms with Crippen molar-refractivity contribution in [3.05, 3.63) is 59.7 Å². The summed E-state index contributed by atoms with van der Waals surface area (Å²) >= 11 is 1.43. The van der Waals surface area contributed by atoms with Gasteiger partial charge in [0.25, 0.3) is 5.91 Å². The molecule has 2 aromatic carbocycles. The number of benzene rings is 2. The van der Waals surface area contributed by atoms with Crippen molar-refractivity contribution in [2.24, 2.45) is 0 Å². The number of carbonyl (C=O) groups excluding carboxylic acids is 2. The Bertz CT molecular complexity index is 891. The molecule has 0 aliphatic carbocycles. The van der Waals surface area contributed by atoms with Gasteiger partial charge in [-0.3, -0.25) is 9.59 Å². The van der Waals surface area contributed by atoms with E-state index < -0.39 is 0 Å². The quantitative estimate of drug-likeness (QED) is 0.883. The maximum absolute atomic E-state index is 13.1. The van der Waals surface area contributed by atoms with Gasteiger partial charge in [-0.2, -0.15) is 5.26 Å². The molecule has 1 N–H and O–H groups in total. The summed E-state index contributed by atoms with van der Waals surface area (Å²) in [5.74, 6) is -0.110. The molecule has 138 valence electrons. The van der Waals surface area contributed by atoms with Gasteiger partial charge in [0.2, 0.25) is 5.91 Å². The molecular weight excluding hydrogens is 358 g/mol. The number of nitriles is 1. The second-order valence-corrected chi connectivity index (χ2v) is 7.58. The number of hydrogen-bond donors (Lipinski definition) is 1. The molecule has 1 aliphatic heterocycles. The van der Waals surface area contributed by atoms with Gasteiger partial charge in [-0.1, -0.05) is 36.0 Å². The first-order valence-corrected chi connectivity index (χ1v) is 9.72. The van der Waals surface area contributed by atoms with E-state index in [1.54, 1.807) is 11.0 Å². The highest BCUT2D eigenvalue weighted by Gasteiger charge is 2.26. The maximum Gasteiger partial charge on any atom is 0.255 e. The number of carbonyl (C=O) groups is 2. The molecule has 1 heterocycles. The predicted octanol–water partition coefficient (Wildman–Crippen LogP) is 3.45. The molecule has 1 atom stereocenters. The summed E-state index contributed by atoms with van der Waals surface area (Å²) in [6.07, 6.45) is 1.75. The fourth-order valence-electron chi connectivity index (χ4n) is 3.24. The van der Waals surface area contributed by atoms with Gasteiger partial charge in [0.05, 0.1) is 11.1 Å². The predicted molar refractivity (Wildman–Crippen MR) is 104 cm³/mol. The Hall–Kier alpha value is -2.78. The lowest BCUT2D eigenvalue weighted by Gasteiger charge is -2.33. The Morgan fingerprint density at radius 1 is 1.15 bits per heavy atom. The van der Waals surface area contributed by atoms with Crippen molar-refractivity contribution in [1.29, 1.82) is 5.26 Å². The summed E-state index contributed by atoms with van der Waals surface area (Å²) in [5.41, 5.74) is 1.21. The van der Waals surface area contributed by atoms with Gasteiger partial charge in [0.15, 0.2) is 0 Å². The normalized spacial score (nSPS) is 16.4. The van der Waals surface area contributed by atoms with Gasteiger partial charge in [-0.25, -0.2) is 0 Å². The molecule has 27 heavy (non-hydrogen) atoms. The lowest BCUT2D eigenvalue weighted by Crippen LogP contribution is -2.49. The standard InChI is InChI=1S/C21H21N3O2S/c1-15(25)23-17-8-6-12-24(14-17)21(26)18-9-3-5-11-20(18)27-19-10-4-2-7-16(19)13-22/h2-5,7,9-11,17H,6,8,12,14H2,1H3,(H,23,25). The third kappa shape index (κ3) is 4.69. The molecule has 1 saturated heterocycles. The fraction of sp³-hybridized carbons (Fsp3) is 0.286. The number of likely N-dealkylation sites (tertiary alicyclic amines) is 1. The van der Waals surface area contributed by atoms with Gasteiger partial charge in [-0.15, -0.1) is 0 Å². The average molecular weight is 379 g/mol. The molecule has 0 aromatic heterocycles. The number of piperidine rings is 1. The molecule has 2 aromatic rings. The molecule has 2 amide bonds. The molecule has 5 nitrogen and oxygen atoms in total. The minimum Gasteiger partial charge on any atom is -0.352 e. The van der Waals surface area contributed by atoms with E-state index in [2.05, 4.69) is 11.4 Å². The smallest absolute Gasteiger partial charge is 0.255 e. The molecule has 3 rings (SSSR count). The van der Waals surface area contributed by atoms with Crippen LogP contribution >= 0.6 is 11.8 Å². The van der Waals surface area contributed by atoms with Crippen molar-refractivity contribution in [1.82, 2.24) is 10.2 Å². The van der Waals surface area contributed by atoms with Crippen molar-refractivity contribution < 1.29 is 9.59 Å². The van der Waals surface area contributed by atoms with E-state index in [4.69, 9.17) is 0 Å². The third-order valence-electron chi connectivity index (χ3n) is 4.46. The Kier molecular flexibility index (Phi) is 6.15. The molecule has 0 spiro atoms. The van der Waals surface area contributed by atoms with Crippen LogP contribution in [0.1, 0.15) is 35.7 Å². The van der Waals surface area contributed by atoms with Crippen LogP contribution in [0.2, 0.25) is 0 Å². The molecular formula is C21H21N3O2S. The zero-order valence-electron chi connectivity index (χ0n) is 15.1. The van der Waals surface area contributed by atoms with E-state index >= 15 is 0 Å². The summed E-state index contributed by atoms with van der Waals surface area (Å²) in [5, 5.41) is 12.2. The molecule has 6 heteroatoms. The monoisotopic (exact) mass is 379 g/mol. The minimum absolute atomic E-state index is 0.000620. The van der Waals surface area contributed by atoms with Gasteiger partial charge in [0, 0.05) is 35.8 Å². The van der Waals surface area contributed by atoms with Crippen LogP contribution in [-0.4, -0.2) is 35.8 Å². The zero-order chi connectivity index (χ0) is 19.2. The Balaban J connectivity index is 1.82. The first kappa shape index (κ1) is 19.0. The largest absolute Gasteiger partial charge is 0.352 e. The Morgan fingerprint density at radius 2 is 1.85 bits per heavy atom. The summed E-state index contributed by atoms with van der Waals surface area (Å²) < 4.78 is 0. The molecule has 0 radical (unpaired) electrons. The first-order valence-electron chi connectivity index (χ1n) is 8.91. The van der Waals surface area contributed by atoms with Crippen molar-refractivity contribution in [2.75, 3.05) is 13.1 Å². The van der Waals surface area contributed by atoms with Gasteiger partial charge >= 0.3 is 0 Å². The zero-order valence-corrected chi connectivity index (χ0v) is 16.0. The summed E-state index contributed by atoms with van der Waals surface area (Å²) in [6, 6.07) is 17.0. The summed E-state index contributed by atoms with van der Waals surface area (Å²) in [4.78, 5) is 27.9. The van der Waals surface area contributed by atoms with Crippen LogP contribution in [0.5, 0.6) is 0 Å². The molecule has 1 aliphatic rings. The number of amides is 2. The average Bonchev–Trinajstić information content (AvgIpc) is 2.68. The molecule has 1 fully saturated rings. The first-order chi connectivity index (χ1) is 13.1. The summed E-state index contributed by atoms with van der Waals surface area (Å²) in [6.45, 7) is 2.70. The van der Waals surface area contributed by atoms with Gasteiger partial charge in [-0.05, 0) is 37.1 Å². The van der Waals surface area contributed by atoms with Crippen LogP contribution in [0, 0.1) is 11.3 Å². The topological polar surface area (TPSA) is 73.2 Å². The van der Waals surface area contributed by atoms with Crippen molar-refractivity contribution in [2.45, 2.75) is 35.6 Å². The van der Waals surface area contributed by atoms with Crippen LogP contribution in [0.15, 0.2) is 58.3 Å². The second-order valence-electron chi connectivity index (χ2n) is 6.50. The van der Waals surface area contributed by atoms with Crippen LogP contribution in [-0.2, 0) is 4.79 Å². The van der Waals surface area contributed by atoms with Crippen molar-refractivity contribution >= 4 is 23.6 Å². The minimum atomic E-state index is -0.0710. The van der Waals surface area contributed by atoms with Crippen LogP contribution in [0.25, 0.3) is 0 Å². The van der Waals surface area contributed by atoms with E-state index in [1.165, 1.54) is 18.7 Å². The van der Waals surface area contributed by atoms with Gasteiger partial charge in [0.1, 0.15) is 6.07 Å². The third-order valence-corrected chi connectivity index (χ3v) is 5.61. The van der Waals surface area contributed by atoms with Gasteiger partial charge < -0.3 is 10.2 Å². The number of nitrogens with one attached hydrogen (secondary N) is 1. The lowest BCUT2D eigenvalue weighted by molar-refractivity contribution is -0.120. The highest BCUT2D eigenvalue weighted by molar-refractivity contribution is 7.99. The van der Waals surface area contributed by atoms with Crippen molar-refractivity contribution in [3.63, 3.8) is 0 Å². The Labute approximate surface area is 163 Å². The number of hydrogen-bond acceptors (Lipinski definition) is 4. The van der Waals surface area contributed by atoms with E-state index in [1.807, 2.05) is 42.5 Å². The Morgan fingerprint density at radius 3 is 2.59 bits per heavy atom. The van der Waals surface area contributed by atoms with E-state index in [0.717, 1.165) is 22.6 Å². The van der Waals surface area contributed by atoms with Crippen LogP contribution < -0.4 is 5.32 Å². The lowest BCUT2D eigenvalue weighted by atomic mass is 10.0. The maximum atomic E-state index is 13.1. The SMILES string of the molecule is CC(=O)NC1CCCN(C(=O)c2ccccc2Sc2ccccc2C#N)C1. The van der Waals surface area contributed by atoms with E-state index in [0.29, 0.717) is 24.2 Å². The number of rotatable bonds is 4. The van der Waals surface area contributed by atoms with E-state index in [9.17, 15) is 14.9 Å². The highest BCUT2D eigenvalue weighted by atomic mass is 32.2. The molecule has 0 bridgehead atoms. The van der Waals surface area contributed by atoms with E-state index in [-0.39, 0.29) is 17.9 Å². The highest BCUT2D eigenvalue weighted by Crippen LogP contribution is 2.33. The van der Waals surface area contributed by atoms with Crippen molar-refractivity contribution in [3.8, 4) is 6.07 Å². The van der Waals surface area contributed by atoms with Crippen LogP contribution in [0.4, 0.5) is 0 Å². The fourth-order valence-corrected chi connectivity index (χ4v) is 4.26. The summed E-state index contributed by atoms with van der Waals surface area (Å²) in [7, 11) is 0. The molecule has 1 unspecified atom stereocenters.